The Kier molecular flexibility index (Phi) is 6.27. The fourth-order valence-electron chi connectivity index (χ4n) is 2.85. The van der Waals surface area contributed by atoms with Crippen LogP contribution in [0.2, 0.25) is 0 Å². The average molecular weight is 398 g/mol. The molecule has 1 aliphatic rings. The van der Waals surface area contributed by atoms with Crippen molar-refractivity contribution in [3.05, 3.63) is 24.3 Å². The molecule has 1 heterocycles. The van der Waals surface area contributed by atoms with Crippen molar-refractivity contribution in [1.29, 1.82) is 0 Å². The molecule has 0 radical (unpaired) electrons. The van der Waals surface area contributed by atoms with Gasteiger partial charge in [0.1, 0.15) is 18.4 Å². The summed E-state index contributed by atoms with van der Waals surface area (Å²) in [5, 5.41) is 9.68. The van der Waals surface area contributed by atoms with E-state index in [0.717, 1.165) is 4.31 Å². The molecule has 6 nitrogen and oxygen atoms in total. The van der Waals surface area contributed by atoms with Gasteiger partial charge < -0.3 is 9.84 Å². The van der Waals surface area contributed by atoms with Crippen LogP contribution in [0, 0.1) is 11.8 Å². The first-order valence-corrected chi connectivity index (χ1v) is 10.6. The molecule has 1 aliphatic heterocycles. The van der Waals surface area contributed by atoms with E-state index in [1.807, 2.05) is 0 Å². The third kappa shape index (κ3) is 4.17. The number of carboxylic acids is 1. The summed E-state index contributed by atoms with van der Waals surface area (Å²) in [6.45, 7) is 7.18. The number of hydrogen-bond acceptors (Lipinski definition) is 5. The summed E-state index contributed by atoms with van der Waals surface area (Å²) in [5.74, 6) is 5.36. The molecule has 1 N–H and O–H groups in total. The molecule has 26 heavy (non-hydrogen) atoms. The Morgan fingerprint density at radius 2 is 2.00 bits per heavy atom. The van der Waals surface area contributed by atoms with Gasteiger partial charge in [-0.1, -0.05) is 5.92 Å². The summed E-state index contributed by atoms with van der Waals surface area (Å²) in [7, 11) is -3.96. The maximum Gasteiger partial charge on any atom is 0.323 e. The second-order valence-corrected chi connectivity index (χ2v) is 10.0. The Hall–Kier alpha value is -1.69. The number of carbonyl (C=O) groups is 1. The Morgan fingerprint density at radius 3 is 2.54 bits per heavy atom. The van der Waals surface area contributed by atoms with Gasteiger partial charge in [-0.3, -0.25) is 4.79 Å². The summed E-state index contributed by atoms with van der Waals surface area (Å²) in [4.78, 5) is 11.9. The minimum absolute atomic E-state index is 0.0484. The van der Waals surface area contributed by atoms with Crippen molar-refractivity contribution >= 4 is 27.8 Å². The lowest BCUT2D eigenvalue weighted by molar-refractivity contribution is -0.143. The van der Waals surface area contributed by atoms with Crippen LogP contribution in [0.25, 0.3) is 0 Å². The number of nitrogens with zero attached hydrogens (tertiary/aromatic N) is 1. The molecule has 0 spiro atoms. The third-order valence-corrected chi connectivity index (χ3v) is 7.77. The van der Waals surface area contributed by atoms with Crippen LogP contribution in [0.15, 0.2) is 29.2 Å². The normalized spacial score (nSPS) is 22.9. The van der Waals surface area contributed by atoms with E-state index in [1.165, 1.54) is 23.9 Å². The number of hydrogen-bond donors (Lipinski definition) is 1. The molecule has 1 saturated heterocycles. The van der Waals surface area contributed by atoms with E-state index in [1.54, 1.807) is 39.8 Å². The molecular weight excluding hydrogens is 374 g/mol. The third-order valence-electron chi connectivity index (χ3n) is 4.16. The molecule has 1 fully saturated rings. The summed E-state index contributed by atoms with van der Waals surface area (Å²) >= 11 is 1.47. The average Bonchev–Trinajstić information content (AvgIpc) is 2.57. The number of aliphatic carboxylic acids is 1. The molecule has 0 aromatic heterocycles. The van der Waals surface area contributed by atoms with E-state index in [-0.39, 0.29) is 11.5 Å². The fourth-order valence-corrected chi connectivity index (χ4v) is 6.12. The van der Waals surface area contributed by atoms with E-state index >= 15 is 0 Å². The highest BCUT2D eigenvalue weighted by atomic mass is 32.2. The lowest BCUT2D eigenvalue weighted by atomic mass is 10.0. The zero-order valence-corrected chi connectivity index (χ0v) is 16.9. The Labute approximate surface area is 159 Å². The van der Waals surface area contributed by atoms with Crippen LogP contribution in [-0.2, 0) is 14.8 Å². The highest BCUT2D eigenvalue weighted by Gasteiger charge is 2.51. The van der Waals surface area contributed by atoms with Crippen molar-refractivity contribution in [2.75, 3.05) is 12.4 Å². The van der Waals surface area contributed by atoms with Crippen LogP contribution in [0.1, 0.15) is 27.7 Å². The van der Waals surface area contributed by atoms with E-state index in [4.69, 9.17) is 4.74 Å². The van der Waals surface area contributed by atoms with Crippen molar-refractivity contribution < 1.29 is 23.1 Å². The van der Waals surface area contributed by atoms with Crippen molar-refractivity contribution in [1.82, 2.24) is 4.31 Å². The largest absolute Gasteiger partial charge is 0.481 e. The Morgan fingerprint density at radius 1 is 1.38 bits per heavy atom. The van der Waals surface area contributed by atoms with Crippen LogP contribution in [-0.4, -0.2) is 53.0 Å². The van der Waals surface area contributed by atoms with Crippen molar-refractivity contribution in [3.8, 4) is 17.6 Å². The van der Waals surface area contributed by atoms with Crippen LogP contribution >= 0.6 is 11.8 Å². The van der Waals surface area contributed by atoms with Crippen molar-refractivity contribution in [2.45, 2.75) is 49.4 Å². The molecule has 142 valence electrons. The smallest absolute Gasteiger partial charge is 0.323 e. The molecule has 0 bridgehead atoms. The van der Waals surface area contributed by atoms with Gasteiger partial charge in [0.25, 0.3) is 0 Å². The van der Waals surface area contributed by atoms with Gasteiger partial charge in [0.15, 0.2) is 0 Å². The molecular formula is C18H23NO5S2. The first-order valence-electron chi connectivity index (χ1n) is 8.14. The summed E-state index contributed by atoms with van der Waals surface area (Å²) in [6.07, 6.45) is 0. The highest BCUT2D eigenvalue weighted by molar-refractivity contribution is 8.01. The number of ether oxygens (including phenoxy) is 1. The van der Waals surface area contributed by atoms with E-state index in [2.05, 4.69) is 11.8 Å². The minimum Gasteiger partial charge on any atom is -0.481 e. The zero-order valence-electron chi connectivity index (χ0n) is 15.2. The lowest BCUT2D eigenvalue weighted by Gasteiger charge is -2.45. The van der Waals surface area contributed by atoms with Crippen LogP contribution in [0.5, 0.6) is 5.75 Å². The Bertz CT molecular complexity index is 821. The van der Waals surface area contributed by atoms with Crippen molar-refractivity contribution in [3.63, 3.8) is 0 Å². The van der Waals surface area contributed by atoms with Crippen LogP contribution in [0.4, 0.5) is 0 Å². The first kappa shape index (κ1) is 20.6. The minimum atomic E-state index is -3.96. The molecule has 2 rings (SSSR count). The predicted molar refractivity (Wildman–Crippen MR) is 102 cm³/mol. The molecule has 1 aromatic carbocycles. The van der Waals surface area contributed by atoms with Crippen molar-refractivity contribution in [2.24, 2.45) is 0 Å². The SMILES string of the molecule is CC#CCOc1ccc(S(=O)(=O)N2C(C(=O)O)C(C)(C)SC[C@H]2C)cc1. The number of carboxylic acid groups (broad SMARTS) is 1. The second kappa shape index (κ2) is 7.91. The fraction of sp³-hybridized carbons (Fsp3) is 0.500. The van der Waals surface area contributed by atoms with Gasteiger partial charge in [0.05, 0.1) is 4.90 Å². The quantitative estimate of drug-likeness (QED) is 0.769. The van der Waals surface area contributed by atoms with E-state index in [9.17, 15) is 18.3 Å². The molecule has 8 heteroatoms. The van der Waals surface area contributed by atoms with Gasteiger partial charge in [0.2, 0.25) is 10.0 Å². The van der Waals surface area contributed by atoms with Gasteiger partial charge in [-0.25, -0.2) is 8.42 Å². The van der Waals surface area contributed by atoms with Gasteiger partial charge in [-0.2, -0.15) is 16.1 Å². The topological polar surface area (TPSA) is 83.9 Å². The molecule has 2 atom stereocenters. The number of sulfonamides is 1. The van der Waals surface area contributed by atoms with Gasteiger partial charge in [-0.05, 0) is 52.0 Å². The molecule has 1 aromatic rings. The van der Waals surface area contributed by atoms with Crippen LogP contribution < -0.4 is 4.74 Å². The molecule has 0 saturated carbocycles. The molecule has 0 aliphatic carbocycles. The number of rotatable bonds is 5. The maximum absolute atomic E-state index is 13.2. The van der Waals surface area contributed by atoms with E-state index in [0.29, 0.717) is 11.5 Å². The standard InChI is InChI=1S/C18H23NO5S2/c1-5-6-11-24-14-7-9-15(10-8-14)26(22,23)19-13(2)12-25-18(3,4)16(19)17(20)21/h7-10,13,16H,11-12H2,1-4H3,(H,20,21)/t13-,16?/m1/s1. The lowest BCUT2D eigenvalue weighted by Crippen LogP contribution is -2.61. The van der Waals surface area contributed by atoms with E-state index < -0.39 is 32.8 Å². The predicted octanol–water partition coefficient (Wildman–Crippen LogP) is 2.45. The maximum atomic E-state index is 13.2. The summed E-state index contributed by atoms with van der Waals surface area (Å²) in [6, 6.07) is 4.41. The van der Waals surface area contributed by atoms with Gasteiger partial charge in [0, 0.05) is 16.5 Å². The number of benzene rings is 1. The summed E-state index contributed by atoms with van der Waals surface area (Å²) < 4.78 is 32.1. The monoisotopic (exact) mass is 397 g/mol. The second-order valence-electron chi connectivity index (χ2n) is 6.53. The highest BCUT2D eigenvalue weighted by Crippen LogP contribution is 2.41. The zero-order chi connectivity index (χ0) is 19.5. The van der Waals surface area contributed by atoms with Crippen LogP contribution in [0.3, 0.4) is 0 Å². The number of thioether (sulfide) groups is 1. The molecule has 1 unspecified atom stereocenters. The van der Waals surface area contributed by atoms with Gasteiger partial charge in [-0.15, -0.1) is 5.92 Å². The van der Waals surface area contributed by atoms with Gasteiger partial charge >= 0.3 is 5.97 Å². The summed E-state index contributed by atoms with van der Waals surface area (Å²) in [5.41, 5.74) is 0. The first-order chi connectivity index (χ1) is 12.1. The molecule has 0 amide bonds. The Balaban J connectivity index is 2.37.